The van der Waals surface area contributed by atoms with Gasteiger partial charge in [-0.25, -0.2) is 8.42 Å². The average Bonchev–Trinajstić information content (AvgIpc) is 3.40. The van der Waals surface area contributed by atoms with Crippen LogP contribution in [-0.4, -0.2) is 38.4 Å². The first kappa shape index (κ1) is 29.6. The number of hydrogen-bond acceptors (Lipinski definition) is 6. The van der Waals surface area contributed by atoms with Gasteiger partial charge < -0.3 is 10.1 Å². The van der Waals surface area contributed by atoms with Gasteiger partial charge >= 0.3 is 11.9 Å². The van der Waals surface area contributed by atoms with Crippen LogP contribution in [0, 0.1) is 10.1 Å². The number of nitrogens with one attached hydrogen (secondary N) is 1. The molecule has 1 heterocycles. The second-order valence-electron chi connectivity index (χ2n) is 9.62. The molecule has 1 aliphatic rings. The van der Waals surface area contributed by atoms with E-state index in [1.54, 1.807) is 30.3 Å². The molecule has 0 bridgehead atoms. The molecule has 0 saturated carbocycles. The van der Waals surface area contributed by atoms with Crippen LogP contribution in [0.3, 0.4) is 0 Å². The molecular weight excluding hydrogens is 587 g/mol. The molecule has 1 aliphatic heterocycles. The molecule has 222 valence electrons. The van der Waals surface area contributed by atoms with Gasteiger partial charge in [0.1, 0.15) is 12.6 Å². The highest BCUT2D eigenvalue weighted by molar-refractivity contribution is 7.93. The largest absolute Gasteiger partial charge is 0.485 e. The van der Waals surface area contributed by atoms with Gasteiger partial charge in [-0.1, -0.05) is 54.6 Å². The number of nitro benzene ring substituents is 1. The lowest BCUT2D eigenvalue weighted by Gasteiger charge is -2.26. The molecule has 0 aromatic heterocycles. The lowest BCUT2D eigenvalue weighted by Crippen LogP contribution is -2.48. The van der Waals surface area contributed by atoms with Crippen molar-refractivity contribution >= 4 is 27.3 Å². The monoisotopic (exact) mass is 611 g/mol. The Morgan fingerprint density at radius 2 is 1.65 bits per heavy atom. The van der Waals surface area contributed by atoms with Crippen molar-refractivity contribution in [3.05, 3.63) is 118 Å². The third-order valence-electron chi connectivity index (χ3n) is 6.88. The SMILES string of the molecule is O=C(NCCOc1ccccc1[N+](=O)[O-])[C@@H]1Cc2ccccc2N1S(=O)(=O)c1ccc(-c2cccc(C(F)(F)F)c2)cc1. The smallest absolute Gasteiger partial charge is 0.416 e. The molecule has 43 heavy (non-hydrogen) atoms. The van der Waals surface area contributed by atoms with E-state index in [1.165, 1.54) is 54.6 Å². The number of anilines is 1. The molecule has 0 radical (unpaired) electrons. The van der Waals surface area contributed by atoms with Gasteiger partial charge in [0.2, 0.25) is 5.91 Å². The first-order valence-electron chi connectivity index (χ1n) is 13.0. The minimum Gasteiger partial charge on any atom is -0.485 e. The predicted molar refractivity (Wildman–Crippen MR) is 152 cm³/mol. The van der Waals surface area contributed by atoms with Gasteiger partial charge in [0.15, 0.2) is 5.75 Å². The summed E-state index contributed by atoms with van der Waals surface area (Å²) in [5.74, 6) is -0.556. The first-order chi connectivity index (χ1) is 20.5. The second kappa shape index (κ2) is 11.8. The first-order valence-corrected chi connectivity index (χ1v) is 14.4. The molecular formula is C30H24F3N3O6S. The van der Waals surface area contributed by atoms with Gasteiger partial charge in [-0.05, 0) is 53.1 Å². The quantitative estimate of drug-likeness (QED) is 0.150. The maximum absolute atomic E-state index is 13.9. The summed E-state index contributed by atoms with van der Waals surface area (Å²) in [6, 6.07) is 21.5. The van der Waals surface area contributed by atoms with Gasteiger partial charge in [-0.15, -0.1) is 0 Å². The number of sulfonamides is 1. The Labute approximate surface area is 244 Å². The zero-order chi connectivity index (χ0) is 30.8. The lowest BCUT2D eigenvalue weighted by atomic mass is 10.0. The molecule has 0 aliphatic carbocycles. The van der Waals surface area contributed by atoms with E-state index in [4.69, 9.17) is 4.74 Å². The van der Waals surface area contributed by atoms with Crippen LogP contribution >= 0.6 is 0 Å². The summed E-state index contributed by atoms with van der Waals surface area (Å²) in [5.41, 5.74) is 0.585. The summed E-state index contributed by atoms with van der Waals surface area (Å²) in [6.45, 7) is -0.142. The zero-order valence-electron chi connectivity index (χ0n) is 22.3. The summed E-state index contributed by atoms with van der Waals surface area (Å²) < 4.78 is 73.8. The van der Waals surface area contributed by atoms with Crippen LogP contribution < -0.4 is 14.4 Å². The molecule has 0 saturated heterocycles. The van der Waals surface area contributed by atoms with E-state index < -0.39 is 38.6 Å². The summed E-state index contributed by atoms with van der Waals surface area (Å²) in [6.07, 6.45) is -4.42. The number of para-hydroxylation sites is 3. The number of fused-ring (bicyclic) bond motifs is 1. The third kappa shape index (κ3) is 6.16. The van der Waals surface area contributed by atoms with Crippen LogP contribution in [0.15, 0.2) is 102 Å². The third-order valence-corrected chi connectivity index (χ3v) is 8.72. The van der Waals surface area contributed by atoms with Crippen molar-refractivity contribution in [1.82, 2.24) is 5.32 Å². The fraction of sp³-hybridized carbons (Fsp3) is 0.167. The van der Waals surface area contributed by atoms with Crippen LogP contribution in [0.25, 0.3) is 11.1 Å². The van der Waals surface area contributed by atoms with Crippen LogP contribution in [0.1, 0.15) is 11.1 Å². The Morgan fingerprint density at radius 1 is 0.953 bits per heavy atom. The second-order valence-corrected chi connectivity index (χ2v) is 11.4. The number of amides is 1. The van der Waals surface area contributed by atoms with E-state index in [0.717, 1.165) is 16.4 Å². The number of hydrogen-bond donors (Lipinski definition) is 1. The van der Waals surface area contributed by atoms with E-state index in [9.17, 15) is 36.5 Å². The summed E-state index contributed by atoms with van der Waals surface area (Å²) >= 11 is 0. The number of alkyl halides is 3. The van der Waals surface area contributed by atoms with E-state index in [0.29, 0.717) is 16.8 Å². The Bertz CT molecular complexity index is 1780. The Kier molecular flexibility index (Phi) is 8.09. The van der Waals surface area contributed by atoms with Crippen molar-refractivity contribution in [2.75, 3.05) is 17.5 Å². The number of carbonyl (C=O) groups is 1. The Balaban J connectivity index is 1.34. The normalized spacial score (nSPS) is 14.7. The topological polar surface area (TPSA) is 119 Å². The molecule has 4 aromatic rings. The molecule has 1 amide bonds. The molecule has 1 N–H and O–H groups in total. The van der Waals surface area contributed by atoms with Crippen LogP contribution in [-0.2, 0) is 27.4 Å². The highest BCUT2D eigenvalue weighted by atomic mass is 32.2. The standard InChI is InChI=1S/C30H24F3N3O6S/c31-30(32,33)23-8-5-7-21(18-23)20-12-14-24(15-13-20)43(40,41)35-25-9-2-1-6-22(25)19-27(35)29(37)34-16-17-42-28-11-4-3-10-26(28)36(38)39/h1-15,18,27H,16-17,19H2,(H,34,37)/t27-/m0/s1. The lowest BCUT2D eigenvalue weighted by molar-refractivity contribution is -0.385. The number of carbonyl (C=O) groups excluding carboxylic acids is 1. The molecule has 4 aromatic carbocycles. The molecule has 9 nitrogen and oxygen atoms in total. The maximum atomic E-state index is 13.9. The van der Waals surface area contributed by atoms with E-state index >= 15 is 0 Å². The highest BCUT2D eigenvalue weighted by Crippen LogP contribution is 2.38. The van der Waals surface area contributed by atoms with E-state index in [2.05, 4.69) is 5.32 Å². The van der Waals surface area contributed by atoms with Gasteiger partial charge in [-0.2, -0.15) is 13.2 Å². The number of benzene rings is 4. The summed E-state index contributed by atoms with van der Waals surface area (Å²) in [5, 5.41) is 13.8. The van der Waals surface area contributed by atoms with E-state index in [1.807, 2.05) is 0 Å². The van der Waals surface area contributed by atoms with Gasteiger partial charge in [0.05, 0.1) is 27.6 Å². The van der Waals surface area contributed by atoms with Gasteiger partial charge in [0.25, 0.3) is 10.0 Å². The zero-order valence-corrected chi connectivity index (χ0v) is 23.1. The number of nitrogens with zero attached hydrogens (tertiary/aromatic N) is 2. The summed E-state index contributed by atoms with van der Waals surface area (Å²) in [7, 11) is -4.28. The Hall–Kier alpha value is -4.91. The number of nitro groups is 1. The molecule has 1 atom stereocenters. The minimum absolute atomic E-state index is 0.0350. The van der Waals surface area contributed by atoms with Crippen LogP contribution in [0.5, 0.6) is 5.75 Å². The van der Waals surface area contributed by atoms with Crippen molar-refractivity contribution in [3.63, 3.8) is 0 Å². The Morgan fingerprint density at radius 3 is 2.37 bits per heavy atom. The molecule has 0 spiro atoms. The number of ether oxygens (including phenoxy) is 1. The minimum atomic E-state index is -4.52. The summed E-state index contributed by atoms with van der Waals surface area (Å²) in [4.78, 5) is 23.7. The van der Waals surface area contributed by atoms with Crippen molar-refractivity contribution < 1.29 is 36.0 Å². The van der Waals surface area contributed by atoms with Crippen LogP contribution in [0.4, 0.5) is 24.5 Å². The van der Waals surface area contributed by atoms with Crippen molar-refractivity contribution in [2.24, 2.45) is 0 Å². The van der Waals surface area contributed by atoms with Crippen molar-refractivity contribution in [1.29, 1.82) is 0 Å². The van der Waals surface area contributed by atoms with Crippen molar-refractivity contribution in [2.45, 2.75) is 23.5 Å². The van der Waals surface area contributed by atoms with Gasteiger partial charge in [0, 0.05) is 12.5 Å². The number of halogens is 3. The fourth-order valence-corrected chi connectivity index (χ4v) is 6.49. The van der Waals surface area contributed by atoms with Crippen molar-refractivity contribution in [3.8, 4) is 16.9 Å². The molecule has 5 rings (SSSR count). The predicted octanol–water partition coefficient (Wildman–Crippen LogP) is 5.60. The average molecular weight is 612 g/mol. The highest BCUT2D eigenvalue weighted by Gasteiger charge is 2.42. The molecule has 13 heteroatoms. The maximum Gasteiger partial charge on any atom is 0.416 e. The molecule has 0 unspecified atom stereocenters. The molecule has 0 fully saturated rings. The van der Waals surface area contributed by atoms with Crippen LogP contribution in [0.2, 0.25) is 0 Å². The fourth-order valence-electron chi connectivity index (χ4n) is 4.84. The van der Waals surface area contributed by atoms with Gasteiger partial charge in [-0.3, -0.25) is 19.2 Å². The van der Waals surface area contributed by atoms with E-state index in [-0.39, 0.29) is 41.5 Å². The number of rotatable bonds is 9.